The monoisotopic (exact) mass is 292 g/mol. The van der Waals surface area contributed by atoms with Gasteiger partial charge < -0.3 is 20.1 Å². The number of aliphatic hydroxyl groups excluding tert-OH is 1. The van der Waals surface area contributed by atoms with Crippen LogP contribution in [0.1, 0.15) is 5.56 Å². The molecule has 2 aromatic rings. The Morgan fingerprint density at radius 2 is 2.15 bits per heavy atom. The molecular weight excluding hydrogens is 280 g/mol. The van der Waals surface area contributed by atoms with Crippen LogP contribution in [0.3, 0.4) is 0 Å². The molecule has 0 amide bonds. The van der Waals surface area contributed by atoms with Crippen molar-refractivity contribution in [3.8, 4) is 5.75 Å². The van der Waals surface area contributed by atoms with Gasteiger partial charge in [-0.25, -0.2) is 9.97 Å². The maximum absolute atomic E-state index is 9.71. The fourth-order valence-electron chi connectivity index (χ4n) is 2.21. The second-order valence-corrected chi connectivity index (χ2v) is 4.93. The van der Waals surface area contributed by atoms with Crippen molar-refractivity contribution in [3.05, 3.63) is 35.2 Å². The molecule has 1 unspecified atom stereocenters. The fraction of sp³-hybridized carbons (Fsp3) is 0.231. The van der Waals surface area contributed by atoms with Crippen LogP contribution in [0.25, 0.3) is 0 Å². The molecule has 20 heavy (non-hydrogen) atoms. The van der Waals surface area contributed by atoms with Crippen molar-refractivity contribution in [3.63, 3.8) is 0 Å². The molecule has 6 nitrogen and oxygen atoms in total. The van der Waals surface area contributed by atoms with Crippen molar-refractivity contribution >= 4 is 28.8 Å². The number of nitrogens with one attached hydrogen (secondary N) is 1. The number of halogens is 1. The molecule has 1 aromatic carbocycles. The summed E-state index contributed by atoms with van der Waals surface area (Å²) in [6, 6.07) is 5.39. The summed E-state index contributed by atoms with van der Waals surface area (Å²) in [5.74, 6) is 1.22. The van der Waals surface area contributed by atoms with Gasteiger partial charge in [0, 0.05) is 24.9 Å². The molecule has 1 atom stereocenters. The number of nitrogens with zero attached hydrogens (tertiary/aromatic N) is 3. The highest BCUT2D eigenvalue weighted by Gasteiger charge is 2.28. The lowest BCUT2D eigenvalue weighted by Gasteiger charge is -2.15. The molecule has 1 aliphatic rings. The Morgan fingerprint density at radius 3 is 2.90 bits per heavy atom. The highest BCUT2D eigenvalue weighted by Crippen LogP contribution is 2.40. The van der Waals surface area contributed by atoms with Crippen molar-refractivity contribution < 1.29 is 9.84 Å². The lowest BCUT2D eigenvalue weighted by Crippen LogP contribution is -2.30. The Labute approximate surface area is 121 Å². The van der Waals surface area contributed by atoms with E-state index in [1.165, 1.54) is 6.33 Å². The number of rotatable bonds is 2. The van der Waals surface area contributed by atoms with E-state index in [2.05, 4.69) is 15.3 Å². The van der Waals surface area contributed by atoms with Gasteiger partial charge in [0.15, 0.2) is 5.75 Å². The van der Waals surface area contributed by atoms with Gasteiger partial charge in [-0.2, -0.15) is 0 Å². The highest BCUT2D eigenvalue weighted by molar-refractivity contribution is 6.29. The number of ether oxygens (including phenoxy) is 1. The zero-order chi connectivity index (χ0) is 14.3. The summed E-state index contributed by atoms with van der Waals surface area (Å²) in [7, 11) is 1.78. The van der Waals surface area contributed by atoms with E-state index in [-0.39, 0.29) is 0 Å². The zero-order valence-electron chi connectivity index (χ0n) is 11.0. The van der Waals surface area contributed by atoms with Crippen LogP contribution in [0.2, 0.25) is 5.15 Å². The number of hydrogen-bond donors (Lipinski definition) is 2. The van der Waals surface area contributed by atoms with E-state index >= 15 is 0 Å². The van der Waals surface area contributed by atoms with E-state index in [1.54, 1.807) is 18.0 Å². The van der Waals surface area contributed by atoms with Gasteiger partial charge in [-0.1, -0.05) is 11.6 Å². The van der Waals surface area contributed by atoms with E-state index in [0.717, 1.165) is 16.9 Å². The van der Waals surface area contributed by atoms with E-state index in [0.29, 0.717) is 16.7 Å². The van der Waals surface area contributed by atoms with Crippen molar-refractivity contribution in [2.45, 2.75) is 13.3 Å². The average molecular weight is 293 g/mol. The summed E-state index contributed by atoms with van der Waals surface area (Å²) in [5.41, 5.74) is 2.67. The van der Waals surface area contributed by atoms with Gasteiger partial charge in [0.05, 0.1) is 5.69 Å². The quantitative estimate of drug-likeness (QED) is 0.828. The Bertz CT molecular complexity index is 665. The Hall–Kier alpha value is -2.05. The minimum Gasteiger partial charge on any atom is -0.444 e. The van der Waals surface area contributed by atoms with Gasteiger partial charge in [-0.3, -0.25) is 0 Å². The average Bonchev–Trinajstić information content (AvgIpc) is 2.65. The van der Waals surface area contributed by atoms with Gasteiger partial charge in [-0.15, -0.1) is 0 Å². The molecular formula is C13H13ClN4O2. The Morgan fingerprint density at radius 1 is 1.35 bits per heavy atom. The molecule has 2 N–H and O–H groups in total. The zero-order valence-corrected chi connectivity index (χ0v) is 11.7. The SMILES string of the molecule is Cc1cc(Nc2cc(Cl)ncn2)cc2c1N(C)C(O)O2. The normalized spacial score (nSPS) is 16.8. The predicted molar refractivity (Wildman–Crippen MR) is 76.5 cm³/mol. The molecule has 0 fully saturated rings. The van der Waals surface area contributed by atoms with Crippen LogP contribution in [0.4, 0.5) is 17.2 Å². The smallest absolute Gasteiger partial charge is 0.281 e. The molecule has 104 valence electrons. The predicted octanol–water partition coefficient (Wildman–Crippen LogP) is 2.29. The molecule has 0 bridgehead atoms. The van der Waals surface area contributed by atoms with Gasteiger partial charge in [0.2, 0.25) is 0 Å². The van der Waals surface area contributed by atoms with Crippen LogP contribution in [-0.2, 0) is 0 Å². The van der Waals surface area contributed by atoms with Crippen molar-refractivity contribution in [2.24, 2.45) is 0 Å². The standard InChI is InChI=1S/C13H13ClN4O2/c1-7-3-8(17-11-5-10(14)15-6-16-11)4-9-12(7)18(2)13(19)20-9/h3-6,13,19H,1-2H3,(H,15,16,17). The molecule has 3 rings (SSSR count). The maximum atomic E-state index is 9.71. The summed E-state index contributed by atoms with van der Waals surface area (Å²) in [5, 5.41) is 13.2. The van der Waals surface area contributed by atoms with E-state index in [9.17, 15) is 5.11 Å². The Kier molecular flexibility index (Phi) is 3.11. The lowest BCUT2D eigenvalue weighted by molar-refractivity contribution is 0.00100. The summed E-state index contributed by atoms with van der Waals surface area (Å²) in [6.07, 6.45) is 0.436. The van der Waals surface area contributed by atoms with Gasteiger partial charge in [0.1, 0.15) is 17.3 Å². The lowest BCUT2D eigenvalue weighted by atomic mass is 10.1. The van der Waals surface area contributed by atoms with Gasteiger partial charge in [-0.05, 0) is 18.6 Å². The van der Waals surface area contributed by atoms with Crippen LogP contribution >= 0.6 is 11.6 Å². The van der Waals surface area contributed by atoms with Crippen LogP contribution in [0, 0.1) is 6.92 Å². The second kappa shape index (κ2) is 4.81. The van der Waals surface area contributed by atoms with Crippen molar-refractivity contribution in [1.82, 2.24) is 9.97 Å². The first-order valence-electron chi connectivity index (χ1n) is 6.01. The second-order valence-electron chi connectivity index (χ2n) is 4.55. The topological polar surface area (TPSA) is 70.5 Å². The molecule has 1 aliphatic heterocycles. The number of hydrogen-bond acceptors (Lipinski definition) is 6. The van der Waals surface area contributed by atoms with Crippen molar-refractivity contribution in [2.75, 3.05) is 17.3 Å². The number of aromatic nitrogens is 2. The summed E-state index contributed by atoms with van der Waals surface area (Å²) in [6.45, 7) is 1.95. The molecule has 0 radical (unpaired) electrons. The van der Waals surface area contributed by atoms with Crippen LogP contribution < -0.4 is 15.0 Å². The summed E-state index contributed by atoms with van der Waals surface area (Å²) < 4.78 is 5.38. The molecule has 0 saturated heterocycles. The number of aliphatic hydroxyl groups is 1. The first-order valence-corrected chi connectivity index (χ1v) is 6.39. The van der Waals surface area contributed by atoms with Gasteiger partial charge >= 0.3 is 0 Å². The van der Waals surface area contributed by atoms with E-state index in [1.807, 2.05) is 19.1 Å². The third-order valence-corrected chi connectivity index (χ3v) is 3.29. The molecule has 7 heteroatoms. The minimum absolute atomic E-state index is 0.367. The molecule has 0 saturated carbocycles. The largest absolute Gasteiger partial charge is 0.444 e. The number of benzene rings is 1. The third kappa shape index (κ3) is 2.23. The first-order chi connectivity index (χ1) is 9.54. The molecule has 2 heterocycles. The fourth-order valence-corrected chi connectivity index (χ4v) is 2.36. The maximum Gasteiger partial charge on any atom is 0.281 e. The third-order valence-electron chi connectivity index (χ3n) is 3.09. The van der Waals surface area contributed by atoms with Crippen LogP contribution in [-0.4, -0.2) is 28.5 Å². The molecule has 0 spiro atoms. The van der Waals surface area contributed by atoms with E-state index < -0.39 is 6.41 Å². The van der Waals surface area contributed by atoms with Crippen LogP contribution in [0.15, 0.2) is 24.5 Å². The number of fused-ring (bicyclic) bond motifs is 1. The number of anilines is 3. The minimum atomic E-state index is -0.951. The van der Waals surface area contributed by atoms with Gasteiger partial charge in [0.25, 0.3) is 6.41 Å². The molecule has 0 aliphatic carbocycles. The number of aryl methyl sites for hydroxylation is 1. The summed E-state index contributed by atoms with van der Waals surface area (Å²) in [4.78, 5) is 9.58. The summed E-state index contributed by atoms with van der Waals surface area (Å²) >= 11 is 5.82. The van der Waals surface area contributed by atoms with Crippen molar-refractivity contribution in [1.29, 1.82) is 0 Å². The van der Waals surface area contributed by atoms with E-state index in [4.69, 9.17) is 16.3 Å². The van der Waals surface area contributed by atoms with Crippen LogP contribution in [0.5, 0.6) is 5.75 Å². The molecule has 1 aromatic heterocycles. The highest BCUT2D eigenvalue weighted by atomic mass is 35.5. The first kappa shape index (κ1) is 13.0. The Balaban J connectivity index is 1.93.